The van der Waals surface area contributed by atoms with Crippen molar-refractivity contribution in [3.8, 4) is 0 Å². The van der Waals surface area contributed by atoms with Crippen LogP contribution < -0.4 is 10.6 Å². The monoisotopic (exact) mass is 222 g/mol. The molecule has 0 aromatic carbocycles. The maximum absolute atomic E-state index is 5.83. The number of anilines is 1. The maximum atomic E-state index is 5.83. The molecular formula is C12H22N4. The van der Waals surface area contributed by atoms with Crippen LogP contribution >= 0.6 is 0 Å². The number of aromatic nitrogens is 2. The zero-order valence-electron chi connectivity index (χ0n) is 10.3. The van der Waals surface area contributed by atoms with Crippen LogP contribution in [0.5, 0.6) is 0 Å². The summed E-state index contributed by atoms with van der Waals surface area (Å²) in [6.45, 7) is 3.91. The molecule has 1 aliphatic rings. The number of imidazole rings is 1. The highest BCUT2D eigenvalue weighted by molar-refractivity contribution is 5.32. The molecule has 2 unspecified atom stereocenters. The summed E-state index contributed by atoms with van der Waals surface area (Å²) in [4.78, 5) is 6.76. The minimum absolute atomic E-state index is 0.567. The predicted octanol–water partition coefficient (Wildman–Crippen LogP) is 1.47. The Bertz CT molecular complexity index is 334. The van der Waals surface area contributed by atoms with Crippen LogP contribution in [-0.2, 0) is 6.54 Å². The second-order valence-electron chi connectivity index (χ2n) is 4.62. The summed E-state index contributed by atoms with van der Waals surface area (Å²) in [5.74, 6) is 1.71. The molecule has 1 aromatic heterocycles. The molecule has 1 aromatic rings. The van der Waals surface area contributed by atoms with E-state index in [-0.39, 0.29) is 0 Å². The summed E-state index contributed by atoms with van der Waals surface area (Å²) in [5, 5.41) is 0. The molecule has 1 heterocycles. The van der Waals surface area contributed by atoms with Gasteiger partial charge in [-0.25, -0.2) is 4.98 Å². The minimum Gasteiger partial charge on any atom is -0.342 e. The summed E-state index contributed by atoms with van der Waals surface area (Å²) < 4.78 is 2.19. The van der Waals surface area contributed by atoms with Crippen LogP contribution in [0, 0.1) is 5.92 Å². The molecule has 0 amide bonds. The molecule has 4 nitrogen and oxygen atoms in total. The third-order valence-corrected chi connectivity index (χ3v) is 3.77. The fraction of sp³-hybridized carbons (Fsp3) is 0.750. The standard InChI is InChI=1S/C12H22N4/c1-3-16-8-7-14-12(16)15(2)11-6-4-5-10(11)9-13/h7-8,10-11H,3-6,9,13H2,1-2H3. The van der Waals surface area contributed by atoms with Gasteiger partial charge in [0, 0.05) is 32.0 Å². The Balaban J connectivity index is 2.15. The lowest BCUT2D eigenvalue weighted by molar-refractivity contribution is 0.465. The van der Waals surface area contributed by atoms with Gasteiger partial charge in [0.15, 0.2) is 0 Å². The average molecular weight is 222 g/mol. The second kappa shape index (κ2) is 4.87. The van der Waals surface area contributed by atoms with E-state index in [0.717, 1.165) is 19.0 Å². The van der Waals surface area contributed by atoms with Gasteiger partial charge in [-0.2, -0.15) is 0 Å². The molecular weight excluding hydrogens is 200 g/mol. The highest BCUT2D eigenvalue weighted by Crippen LogP contribution is 2.30. The molecule has 0 saturated heterocycles. The van der Waals surface area contributed by atoms with E-state index in [1.807, 2.05) is 12.4 Å². The molecule has 0 aliphatic heterocycles. The summed E-state index contributed by atoms with van der Waals surface area (Å²) in [6, 6.07) is 0.567. The Morgan fingerprint density at radius 3 is 3.06 bits per heavy atom. The molecule has 0 radical (unpaired) electrons. The van der Waals surface area contributed by atoms with Gasteiger partial charge >= 0.3 is 0 Å². The van der Waals surface area contributed by atoms with E-state index >= 15 is 0 Å². The highest BCUT2D eigenvalue weighted by Gasteiger charge is 2.30. The predicted molar refractivity (Wildman–Crippen MR) is 66.5 cm³/mol. The molecule has 16 heavy (non-hydrogen) atoms. The first-order valence-corrected chi connectivity index (χ1v) is 6.22. The van der Waals surface area contributed by atoms with E-state index in [1.54, 1.807) is 0 Å². The van der Waals surface area contributed by atoms with Crippen molar-refractivity contribution in [1.29, 1.82) is 0 Å². The number of hydrogen-bond donors (Lipinski definition) is 1. The van der Waals surface area contributed by atoms with Crippen molar-refractivity contribution in [3.05, 3.63) is 12.4 Å². The number of rotatable bonds is 4. The van der Waals surface area contributed by atoms with Crippen molar-refractivity contribution in [2.24, 2.45) is 11.7 Å². The SMILES string of the molecule is CCn1ccnc1N(C)C1CCCC1CN. The van der Waals surface area contributed by atoms with Gasteiger partial charge in [-0.05, 0) is 32.2 Å². The molecule has 0 spiro atoms. The summed E-state index contributed by atoms with van der Waals surface area (Å²) in [6.07, 6.45) is 7.72. The fourth-order valence-corrected chi connectivity index (χ4v) is 2.81. The van der Waals surface area contributed by atoms with Gasteiger partial charge < -0.3 is 15.2 Å². The van der Waals surface area contributed by atoms with Gasteiger partial charge in [0.2, 0.25) is 5.95 Å². The van der Waals surface area contributed by atoms with E-state index in [2.05, 4.69) is 28.4 Å². The van der Waals surface area contributed by atoms with E-state index in [1.165, 1.54) is 19.3 Å². The highest BCUT2D eigenvalue weighted by atomic mass is 15.3. The number of nitrogens with two attached hydrogens (primary N) is 1. The van der Waals surface area contributed by atoms with Crippen LogP contribution in [0.25, 0.3) is 0 Å². The van der Waals surface area contributed by atoms with Gasteiger partial charge in [0.1, 0.15) is 0 Å². The first kappa shape index (κ1) is 11.5. The van der Waals surface area contributed by atoms with Crippen LogP contribution in [0.4, 0.5) is 5.95 Å². The molecule has 1 saturated carbocycles. The Morgan fingerprint density at radius 1 is 1.56 bits per heavy atom. The first-order valence-electron chi connectivity index (χ1n) is 6.22. The van der Waals surface area contributed by atoms with Crippen molar-refractivity contribution in [3.63, 3.8) is 0 Å². The third kappa shape index (κ3) is 1.94. The van der Waals surface area contributed by atoms with Crippen LogP contribution in [0.3, 0.4) is 0 Å². The van der Waals surface area contributed by atoms with Crippen LogP contribution in [0.15, 0.2) is 12.4 Å². The fourth-order valence-electron chi connectivity index (χ4n) is 2.81. The smallest absolute Gasteiger partial charge is 0.205 e. The largest absolute Gasteiger partial charge is 0.342 e. The van der Waals surface area contributed by atoms with E-state index in [4.69, 9.17) is 5.73 Å². The lowest BCUT2D eigenvalue weighted by Gasteiger charge is -2.30. The van der Waals surface area contributed by atoms with Crippen LogP contribution in [0.1, 0.15) is 26.2 Å². The van der Waals surface area contributed by atoms with E-state index < -0.39 is 0 Å². The van der Waals surface area contributed by atoms with E-state index in [0.29, 0.717) is 12.0 Å². The lowest BCUT2D eigenvalue weighted by Crippen LogP contribution is -2.39. The van der Waals surface area contributed by atoms with Gasteiger partial charge in [-0.1, -0.05) is 6.42 Å². The summed E-state index contributed by atoms with van der Waals surface area (Å²) in [7, 11) is 2.15. The second-order valence-corrected chi connectivity index (χ2v) is 4.62. The first-order chi connectivity index (χ1) is 7.77. The van der Waals surface area contributed by atoms with Gasteiger partial charge in [-0.15, -0.1) is 0 Å². The van der Waals surface area contributed by atoms with E-state index in [9.17, 15) is 0 Å². The number of aryl methyl sites for hydroxylation is 1. The van der Waals surface area contributed by atoms with Crippen molar-refractivity contribution < 1.29 is 0 Å². The quantitative estimate of drug-likeness (QED) is 0.839. The average Bonchev–Trinajstić information content (AvgIpc) is 2.96. The Morgan fingerprint density at radius 2 is 2.38 bits per heavy atom. The van der Waals surface area contributed by atoms with Crippen molar-refractivity contribution in [2.75, 3.05) is 18.5 Å². The Kier molecular flexibility index (Phi) is 3.49. The zero-order chi connectivity index (χ0) is 11.5. The molecule has 2 rings (SSSR count). The van der Waals surface area contributed by atoms with Gasteiger partial charge in [-0.3, -0.25) is 0 Å². The van der Waals surface area contributed by atoms with Crippen molar-refractivity contribution >= 4 is 5.95 Å². The molecule has 2 N–H and O–H groups in total. The topological polar surface area (TPSA) is 47.1 Å². The summed E-state index contributed by atoms with van der Waals surface area (Å²) in [5.41, 5.74) is 5.83. The van der Waals surface area contributed by atoms with Crippen LogP contribution in [0.2, 0.25) is 0 Å². The third-order valence-electron chi connectivity index (χ3n) is 3.77. The molecule has 1 fully saturated rings. The summed E-state index contributed by atoms with van der Waals surface area (Å²) >= 11 is 0. The molecule has 4 heteroatoms. The van der Waals surface area contributed by atoms with Gasteiger partial charge in [0.25, 0.3) is 0 Å². The number of nitrogens with zero attached hydrogens (tertiary/aromatic N) is 3. The molecule has 90 valence electrons. The van der Waals surface area contributed by atoms with Crippen molar-refractivity contribution in [1.82, 2.24) is 9.55 Å². The number of hydrogen-bond acceptors (Lipinski definition) is 3. The van der Waals surface area contributed by atoms with Gasteiger partial charge in [0.05, 0.1) is 0 Å². The van der Waals surface area contributed by atoms with Crippen molar-refractivity contribution in [2.45, 2.75) is 38.8 Å². The maximum Gasteiger partial charge on any atom is 0.205 e. The molecule has 2 atom stereocenters. The zero-order valence-corrected chi connectivity index (χ0v) is 10.3. The normalized spacial score (nSPS) is 24.9. The minimum atomic E-state index is 0.567. The molecule has 0 bridgehead atoms. The Labute approximate surface area is 97.4 Å². The Hall–Kier alpha value is -1.03. The lowest BCUT2D eigenvalue weighted by atomic mass is 10.0. The van der Waals surface area contributed by atoms with Crippen LogP contribution in [-0.4, -0.2) is 29.2 Å². The molecule has 1 aliphatic carbocycles.